The molecule has 0 saturated carbocycles. The SMILES string of the molecule is CC1=CC(O)=C(C[C@@H]2C(=O)C(C)(C)c3cc4c(cc32)[C@@H](C)C(NC(=O)c2cccc(C)c2)=N4)CC1. The molecule has 3 aliphatic rings. The third-order valence-electron chi connectivity index (χ3n) is 7.84. The number of fused-ring (bicyclic) bond motifs is 2. The molecule has 0 fully saturated rings. The summed E-state index contributed by atoms with van der Waals surface area (Å²) in [6.45, 7) is 9.97. The number of aliphatic imine (C=N–C) groups is 1. The molecule has 2 N–H and O–H groups in total. The second-order valence-electron chi connectivity index (χ2n) is 10.8. The van der Waals surface area contributed by atoms with Crippen LogP contribution in [0, 0.1) is 6.92 Å². The molecule has 0 radical (unpaired) electrons. The van der Waals surface area contributed by atoms with Crippen molar-refractivity contribution in [2.24, 2.45) is 4.99 Å². The Morgan fingerprint density at radius 2 is 1.91 bits per heavy atom. The van der Waals surface area contributed by atoms with Crippen molar-refractivity contribution in [2.75, 3.05) is 0 Å². The number of aryl methyl sites for hydroxylation is 1. The molecule has 2 aromatic rings. The summed E-state index contributed by atoms with van der Waals surface area (Å²) < 4.78 is 0. The van der Waals surface area contributed by atoms with Gasteiger partial charge >= 0.3 is 0 Å². The highest BCUT2D eigenvalue weighted by Gasteiger charge is 2.46. The molecular formula is C30H32N2O3. The molecule has 0 bridgehead atoms. The summed E-state index contributed by atoms with van der Waals surface area (Å²) in [6.07, 6.45) is 4.06. The number of ketones is 1. The van der Waals surface area contributed by atoms with Gasteiger partial charge in [-0.25, -0.2) is 4.99 Å². The van der Waals surface area contributed by atoms with Gasteiger partial charge < -0.3 is 10.4 Å². The van der Waals surface area contributed by atoms with Gasteiger partial charge in [0.05, 0.1) is 5.69 Å². The number of carbonyl (C=O) groups excluding carboxylic acids is 2. The largest absolute Gasteiger partial charge is 0.508 e. The van der Waals surface area contributed by atoms with Gasteiger partial charge in [0.2, 0.25) is 0 Å². The monoisotopic (exact) mass is 468 g/mol. The zero-order valence-electron chi connectivity index (χ0n) is 21.0. The average Bonchev–Trinajstić information content (AvgIpc) is 3.20. The molecule has 1 amide bonds. The van der Waals surface area contributed by atoms with Crippen LogP contribution in [-0.4, -0.2) is 22.6 Å². The fraction of sp³-hybridized carbons (Fsp3) is 0.367. The molecule has 180 valence electrons. The number of hydrogen-bond donors (Lipinski definition) is 2. The first-order valence-corrected chi connectivity index (χ1v) is 12.3. The number of Topliss-reactive ketones (excluding diaryl/α,β-unsaturated/α-hetero) is 1. The van der Waals surface area contributed by atoms with E-state index < -0.39 is 5.41 Å². The Balaban J connectivity index is 1.46. The predicted molar refractivity (Wildman–Crippen MR) is 139 cm³/mol. The minimum Gasteiger partial charge on any atom is -0.508 e. The first-order valence-electron chi connectivity index (χ1n) is 12.3. The lowest BCUT2D eigenvalue weighted by molar-refractivity contribution is -0.123. The van der Waals surface area contributed by atoms with E-state index in [1.807, 2.05) is 65.0 Å². The maximum Gasteiger partial charge on any atom is 0.256 e. The van der Waals surface area contributed by atoms with Crippen molar-refractivity contribution in [1.29, 1.82) is 0 Å². The van der Waals surface area contributed by atoms with E-state index in [9.17, 15) is 14.7 Å². The second kappa shape index (κ2) is 8.33. The van der Waals surface area contributed by atoms with Crippen LogP contribution in [0.3, 0.4) is 0 Å². The van der Waals surface area contributed by atoms with Crippen LogP contribution in [0.2, 0.25) is 0 Å². The number of amides is 1. The highest BCUT2D eigenvalue weighted by Crippen LogP contribution is 2.50. The van der Waals surface area contributed by atoms with E-state index >= 15 is 0 Å². The van der Waals surface area contributed by atoms with Gasteiger partial charge in [0.15, 0.2) is 5.78 Å². The summed E-state index contributed by atoms with van der Waals surface area (Å²) in [4.78, 5) is 31.1. The third-order valence-corrected chi connectivity index (χ3v) is 7.84. The minimum atomic E-state index is -0.627. The van der Waals surface area contributed by atoms with Gasteiger partial charge in [-0.1, -0.05) is 36.3 Å². The van der Waals surface area contributed by atoms with Crippen molar-refractivity contribution < 1.29 is 14.7 Å². The number of aliphatic hydroxyl groups is 1. The number of nitrogens with one attached hydrogen (secondary N) is 1. The lowest BCUT2D eigenvalue weighted by Crippen LogP contribution is -2.32. The maximum absolute atomic E-state index is 13.5. The van der Waals surface area contributed by atoms with Gasteiger partial charge in [-0.2, -0.15) is 0 Å². The van der Waals surface area contributed by atoms with Crippen molar-refractivity contribution in [3.8, 4) is 0 Å². The molecule has 5 nitrogen and oxygen atoms in total. The van der Waals surface area contributed by atoms with E-state index in [2.05, 4.69) is 11.4 Å². The van der Waals surface area contributed by atoms with Crippen molar-refractivity contribution in [3.63, 3.8) is 0 Å². The molecule has 2 aliphatic carbocycles. The van der Waals surface area contributed by atoms with E-state index in [-0.39, 0.29) is 23.5 Å². The van der Waals surface area contributed by atoms with E-state index in [0.717, 1.165) is 51.9 Å². The summed E-state index contributed by atoms with van der Waals surface area (Å²) in [5.74, 6) is 0.586. The quantitative estimate of drug-likeness (QED) is 0.543. The molecule has 1 heterocycles. The number of amidine groups is 1. The molecule has 2 aromatic carbocycles. The van der Waals surface area contributed by atoms with Gasteiger partial charge in [-0.05, 0) is 93.5 Å². The van der Waals surface area contributed by atoms with Crippen molar-refractivity contribution in [3.05, 3.63) is 87.2 Å². The molecule has 0 unspecified atom stereocenters. The van der Waals surface area contributed by atoms with Gasteiger partial charge in [0, 0.05) is 22.8 Å². The molecule has 5 heteroatoms. The molecule has 5 rings (SSSR count). The number of rotatable bonds is 3. The fourth-order valence-electron chi connectivity index (χ4n) is 5.63. The number of carbonyl (C=O) groups is 2. The van der Waals surface area contributed by atoms with Gasteiger partial charge in [0.1, 0.15) is 11.6 Å². The van der Waals surface area contributed by atoms with E-state index in [1.165, 1.54) is 0 Å². The second-order valence-corrected chi connectivity index (χ2v) is 10.8. The van der Waals surface area contributed by atoms with Crippen LogP contribution in [0.4, 0.5) is 5.69 Å². The van der Waals surface area contributed by atoms with Crippen molar-refractivity contribution in [1.82, 2.24) is 5.32 Å². The molecule has 0 aromatic heterocycles. The summed E-state index contributed by atoms with van der Waals surface area (Å²) >= 11 is 0. The Morgan fingerprint density at radius 1 is 1.14 bits per heavy atom. The number of hydrogen-bond acceptors (Lipinski definition) is 4. The Morgan fingerprint density at radius 3 is 2.63 bits per heavy atom. The Hall–Kier alpha value is -3.47. The summed E-state index contributed by atoms with van der Waals surface area (Å²) in [6, 6.07) is 11.6. The molecule has 2 atom stereocenters. The lowest BCUT2D eigenvalue weighted by atomic mass is 9.82. The Kier molecular flexibility index (Phi) is 5.54. The van der Waals surface area contributed by atoms with Gasteiger partial charge in [-0.3, -0.25) is 9.59 Å². The van der Waals surface area contributed by atoms with Crippen LogP contribution in [-0.2, 0) is 10.2 Å². The number of allylic oxidation sites excluding steroid dienone is 3. The summed E-state index contributed by atoms with van der Waals surface area (Å²) in [7, 11) is 0. The number of benzene rings is 2. The zero-order chi connectivity index (χ0) is 25.1. The van der Waals surface area contributed by atoms with Crippen LogP contribution in [0.1, 0.15) is 91.4 Å². The van der Waals surface area contributed by atoms with Crippen LogP contribution >= 0.6 is 0 Å². The number of aliphatic hydroxyl groups excluding tert-OH is 1. The topological polar surface area (TPSA) is 78.8 Å². The zero-order valence-corrected chi connectivity index (χ0v) is 21.0. The van der Waals surface area contributed by atoms with Crippen LogP contribution in [0.25, 0.3) is 0 Å². The van der Waals surface area contributed by atoms with Gasteiger partial charge in [0.25, 0.3) is 5.91 Å². The molecule has 0 spiro atoms. The molecule has 35 heavy (non-hydrogen) atoms. The highest BCUT2D eigenvalue weighted by molar-refractivity contribution is 6.11. The van der Waals surface area contributed by atoms with E-state index in [4.69, 9.17) is 4.99 Å². The average molecular weight is 469 g/mol. The summed E-state index contributed by atoms with van der Waals surface area (Å²) in [5.41, 5.74) is 6.98. The Bertz CT molecular complexity index is 1360. The summed E-state index contributed by atoms with van der Waals surface area (Å²) in [5, 5.41) is 13.5. The Labute approximate surface area is 206 Å². The van der Waals surface area contributed by atoms with Crippen LogP contribution in [0.15, 0.2) is 64.4 Å². The molecular weight excluding hydrogens is 436 g/mol. The molecule has 1 aliphatic heterocycles. The standard InChI is InChI=1S/C30H32N2O3/c1-16-7-6-8-20(11-16)29(35)32-28-18(3)21-14-22-23(13-19-10-9-17(2)12-26(19)33)27(34)30(4,5)24(22)15-25(21)31-28/h6-8,11-12,14-15,18,23,33H,9-10,13H2,1-5H3,(H,31,32,35)/t18-,23+/m1/s1. The fourth-order valence-corrected chi connectivity index (χ4v) is 5.63. The minimum absolute atomic E-state index is 0.0867. The van der Waals surface area contributed by atoms with Crippen molar-refractivity contribution in [2.45, 2.75) is 71.1 Å². The van der Waals surface area contributed by atoms with Crippen molar-refractivity contribution >= 4 is 23.2 Å². The van der Waals surface area contributed by atoms with Crippen LogP contribution < -0.4 is 5.32 Å². The highest BCUT2D eigenvalue weighted by atomic mass is 16.3. The smallest absolute Gasteiger partial charge is 0.256 e. The molecule has 0 saturated heterocycles. The lowest BCUT2D eigenvalue weighted by Gasteiger charge is -2.20. The predicted octanol–water partition coefficient (Wildman–Crippen LogP) is 6.46. The normalized spacial score (nSPS) is 22.5. The van der Waals surface area contributed by atoms with Gasteiger partial charge in [-0.15, -0.1) is 0 Å². The van der Waals surface area contributed by atoms with E-state index in [1.54, 1.807) is 6.07 Å². The van der Waals surface area contributed by atoms with Crippen LogP contribution in [0.5, 0.6) is 0 Å². The first-order chi connectivity index (χ1) is 16.6. The van der Waals surface area contributed by atoms with E-state index in [0.29, 0.717) is 23.6 Å². The first kappa shape index (κ1) is 23.3. The maximum atomic E-state index is 13.5. The number of nitrogens with zero attached hydrogens (tertiary/aromatic N) is 1. The third kappa shape index (κ3) is 3.93.